The first-order valence-corrected chi connectivity index (χ1v) is 8.23. The number of benzene rings is 1. The molecule has 1 aliphatic rings. The molecule has 8 heteroatoms. The van der Waals surface area contributed by atoms with E-state index in [1.54, 1.807) is 24.3 Å². The van der Waals surface area contributed by atoms with E-state index in [0.717, 1.165) is 0 Å². The minimum atomic E-state index is -1.21. The van der Waals surface area contributed by atoms with Gasteiger partial charge in [-0.3, -0.25) is 4.21 Å². The van der Waals surface area contributed by atoms with Gasteiger partial charge in [-0.15, -0.1) is 0 Å². The predicted octanol–water partition coefficient (Wildman–Crippen LogP) is 1.24. The van der Waals surface area contributed by atoms with Gasteiger partial charge in [0.1, 0.15) is 0 Å². The molecule has 1 heterocycles. The van der Waals surface area contributed by atoms with E-state index in [2.05, 4.69) is 5.32 Å². The van der Waals surface area contributed by atoms with Crippen molar-refractivity contribution in [3.63, 3.8) is 0 Å². The summed E-state index contributed by atoms with van der Waals surface area (Å²) in [4.78, 5) is 25.0. The van der Waals surface area contributed by atoms with Gasteiger partial charge >= 0.3 is 12.0 Å². The van der Waals surface area contributed by atoms with Crippen LogP contribution in [0.3, 0.4) is 0 Å². The molecule has 1 aliphatic heterocycles. The molecule has 2 N–H and O–H groups in total. The van der Waals surface area contributed by atoms with Crippen molar-refractivity contribution in [1.82, 2.24) is 10.2 Å². The highest BCUT2D eigenvalue weighted by molar-refractivity contribution is 7.85. The van der Waals surface area contributed by atoms with Gasteiger partial charge in [-0.25, -0.2) is 9.59 Å². The van der Waals surface area contributed by atoms with Gasteiger partial charge < -0.3 is 15.3 Å². The second-order valence-corrected chi connectivity index (χ2v) is 6.68. The molecule has 21 heavy (non-hydrogen) atoms. The van der Waals surface area contributed by atoms with Gasteiger partial charge in [-0.1, -0.05) is 29.8 Å². The van der Waals surface area contributed by atoms with Gasteiger partial charge in [-0.05, 0) is 6.07 Å². The molecule has 1 atom stereocenters. The summed E-state index contributed by atoms with van der Waals surface area (Å²) in [6.07, 6.45) is 0. The van der Waals surface area contributed by atoms with Crippen LogP contribution in [-0.4, -0.2) is 50.8 Å². The molecule has 2 rings (SSSR count). The Labute approximate surface area is 129 Å². The minimum Gasteiger partial charge on any atom is -0.479 e. The van der Waals surface area contributed by atoms with E-state index in [9.17, 15) is 18.9 Å². The fraction of sp³-hybridized carbons (Fsp3) is 0.385. The third kappa shape index (κ3) is 3.95. The second-order valence-electron chi connectivity index (χ2n) is 4.58. The molecular formula is C13H15ClN2O4S. The summed E-state index contributed by atoms with van der Waals surface area (Å²) in [6, 6.07) is 4.79. The third-order valence-corrected chi connectivity index (χ3v) is 4.82. The fourth-order valence-corrected chi connectivity index (χ4v) is 3.33. The molecule has 114 valence electrons. The fourth-order valence-electron chi connectivity index (χ4n) is 2.04. The van der Waals surface area contributed by atoms with Gasteiger partial charge in [-0.2, -0.15) is 0 Å². The van der Waals surface area contributed by atoms with Crippen molar-refractivity contribution in [2.45, 2.75) is 6.04 Å². The SMILES string of the molecule is O=C(O)[C@H](NC(=O)N1CCS(=O)CC1)c1ccccc1Cl. The summed E-state index contributed by atoms with van der Waals surface area (Å²) < 4.78 is 11.3. The van der Waals surface area contributed by atoms with E-state index < -0.39 is 28.8 Å². The maximum atomic E-state index is 12.1. The molecule has 1 aromatic carbocycles. The lowest BCUT2D eigenvalue weighted by molar-refractivity contribution is -0.139. The van der Waals surface area contributed by atoms with Crippen LogP contribution < -0.4 is 5.32 Å². The van der Waals surface area contributed by atoms with Crippen molar-refractivity contribution in [1.29, 1.82) is 0 Å². The predicted molar refractivity (Wildman–Crippen MR) is 79.8 cm³/mol. The smallest absolute Gasteiger partial charge is 0.331 e. The van der Waals surface area contributed by atoms with Crippen molar-refractivity contribution in [3.05, 3.63) is 34.9 Å². The molecule has 1 fully saturated rings. The van der Waals surface area contributed by atoms with Gasteiger partial charge in [0.05, 0.1) is 0 Å². The first kappa shape index (κ1) is 15.8. The van der Waals surface area contributed by atoms with Gasteiger partial charge in [0, 0.05) is 46.0 Å². The van der Waals surface area contributed by atoms with E-state index in [-0.39, 0.29) is 5.02 Å². The van der Waals surface area contributed by atoms with Crippen LogP contribution in [0.1, 0.15) is 11.6 Å². The molecule has 0 spiro atoms. The van der Waals surface area contributed by atoms with Crippen LogP contribution in [0, 0.1) is 0 Å². The Morgan fingerprint density at radius 3 is 2.48 bits per heavy atom. The third-order valence-electron chi connectivity index (χ3n) is 3.20. The van der Waals surface area contributed by atoms with Crippen LogP contribution in [0.5, 0.6) is 0 Å². The van der Waals surface area contributed by atoms with Crippen molar-refractivity contribution in [2.24, 2.45) is 0 Å². The number of amides is 2. The topological polar surface area (TPSA) is 86.7 Å². The average Bonchev–Trinajstić information content (AvgIpc) is 2.46. The highest BCUT2D eigenvalue weighted by atomic mass is 35.5. The Balaban J connectivity index is 2.10. The number of hydrogen-bond donors (Lipinski definition) is 2. The zero-order valence-corrected chi connectivity index (χ0v) is 12.7. The number of nitrogens with zero attached hydrogens (tertiary/aromatic N) is 1. The molecule has 1 saturated heterocycles. The summed E-state index contributed by atoms with van der Waals surface area (Å²) in [7, 11) is -0.898. The Hall–Kier alpha value is -1.60. The number of carbonyl (C=O) groups is 2. The number of carbonyl (C=O) groups excluding carboxylic acids is 1. The number of urea groups is 1. The van der Waals surface area contributed by atoms with Crippen molar-refractivity contribution < 1.29 is 18.9 Å². The van der Waals surface area contributed by atoms with Crippen LogP contribution in [0.15, 0.2) is 24.3 Å². The van der Waals surface area contributed by atoms with E-state index in [4.69, 9.17) is 11.6 Å². The molecule has 2 amide bonds. The highest BCUT2D eigenvalue weighted by Crippen LogP contribution is 2.23. The van der Waals surface area contributed by atoms with Crippen LogP contribution in [0.4, 0.5) is 4.79 Å². The number of rotatable bonds is 3. The Kier molecular flexibility index (Phi) is 5.19. The summed E-state index contributed by atoms with van der Waals surface area (Å²) in [5.41, 5.74) is 0.334. The van der Waals surface area contributed by atoms with Crippen LogP contribution in [0.2, 0.25) is 5.02 Å². The molecule has 0 unspecified atom stereocenters. The van der Waals surface area contributed by atoms with Crippen molar-refractivity contribution in [3.8, 4) is 0 Å². The summed E-state index contributed by atoms with van der Waals surface area (Å²) in [6.45, 7) is 0.709. The molecule has 0 radical (unpaired) electrons. The normalized spacial score (nSPS) is 17.3. The maximum Gasteiger partial charge on any atom is 0.331 e. The first-order valence-electron chi connectivity index (χ1n) is 6.36. The lowest BCUT2D eigenvalue weighted by atomic mass is 10.1. The average molecular weight is 331 g/mol. The van der Waals surface area contributed by atoms with Crippen LogP contribution in [-0.2, 0) is 15.6 Å². The lowest BCUT2D eigenvalue weighted by Crippen LogP contribution is -2.48. The highest BCUT2D eigenvalue weighted by Gasteiger charge is 2.27. The quantitative estimate of drug-likeness (QED) is 0.873. The summed E-state index contributed by atoms with van der Waals surface area (Å²) >= 11 is 5.98. The lowest BCUT2D eigenvalue weighted by Gasteiger charge is -2.28. The first-order chi connectivity index (χ1) is 9.99. The Morgan fingerprint density at radius 2 is 1.90 bits per heavy atom. The second kappa shape index (κ2) is 6.91. The van der Waals surface area contributed by atoms with Gasteiger partial charge in [0.2, 0.25) is 0 Å². The molecule has 0 aromatic heterocycles. The number of halogens is 1. The maximum absolute atomic E-state index is 12.1. The van der Waals surface area contributed by atoms with Crippen LogP contribution >= 0.6 is 11.6 Å². The standard InChI is InChI=1S/C13H15ClN2O4S/c14-10-4-2-1-3-9(10)11(12(17)18)15-13(19)16-5-7-21(20)8-6-16/h1-4,11H,5-8H2,(H,15,19)(H,17,18)/t11-/m1/s1. The Morgan fingerprint density at radius 1 is 1.29 bits per heavy atom. The van der Waals surface area contributed by atoms with E-state index in [0.29, 0.717) is 30.2 Å². The zero-order valence-electron chi connectivity index (χ0n) is 11.1. The number of carboxylic acid groups (broad SMARTS) is 1. The van der Waals surface area contributed by atoms with Gasteiger partial charge in [0.25, 0.3) is 0 Å². The monoisotopic (exact) mass is 330 g/mol. The number of carboxylic acids is 1. The number of aliphatic carboxylic acids is 1. The van der Waals surface area contributed by atoms with E-state index in [1.807, 2.05) is 0 Å². The molecule has 0 bridgehead atoms. The van der Waals surface area contributed by atoms with E-state index in [1.165, 1.54) is 4.90 Å². The molecule has 0 aliphatic carbocycles. The molecule has 6 nitrogen and oxygen atoms in total. The molecule has 1 aromatic rings. The minimum absolute atomic E-state index is 0.282. The number of hydrogen-bond acceptors (Lipinski definition) is 3. The molecular weight excluding hydrogens is 316 g/mol. The summed E-state index contributed by atoms with van der Waals surface area (Å²) in [5, 5.41) is 12.0. The van der Waals surface area contributed by atoms with Gasteiger partial charge in [0.15, 0.2) is 6.04 Å². The Bertz CT molecular complexity index is 571. The zero-order chi connectivity index (χ0) is 15.4. The number of nitrogens with one attached hydrogen (secondary N) is 1. The summed E-state index contributed by atoms with van der Waals surface area (Å²) in [5.74, 6) is -0.355. The van der Waals surface area contributed by atoms with Crippen molar-refractivity contribution >= 4 is 34.4 Å². The van der Waals surface area contributed by atoms with E-state index >= 15 is 0 Å². The molecule has 0 saturated carbocycles. The largest absolute Gasteiger partial charge is 0.479 e. The van der Waals surface area contributed by atoms with Crippen LogP contribution in [0.25, 0.3) is 0 Å². The van der Waals surface area contributed by atoms with Crippen molar-refractivity contribution in [2.75, 3.05) is 24.6 Å².